The lowest BCUT2D eigenvalue weighted by Gasteiger charge is -2.46. The van der Waals surface area contributed by atoms with Crippen LogP contribution < -0.4 is 0 Å². The van der Waals surface area contributed by atoms with Gasteiger partial charge in [-0.3, -0.25) is 0 Å². The molecule has 0 aromatic carbocycles. The lowest BCUT2D eigenvalue weighted by Crippen LogP contribution is -2.58. The number of ether oxygens (including phenoxy) is 1. The first kappa shape index (κ1) is 23.8. The predicted molar refractivity (Wildman–Crippen MR) is 110 cm³/mol. The largest absolute Gasteiger partial charge is 0.414 e. The van der Waals surface area contributed by atoms with E-state index in [-0.39, 0.29) is 16.7 Å². The number of rotatable bonds is 5. The van der Waals surface area contributed by atoms with Crippen molar-refractivity contribution in [1.29, 1.82) is 5.26 Å². The van der Waals surface area contributed by atoms with Crippen LogP contribution in [0, 0.1) is 17.2 Å². The van der Waals surface area contributed by atoms with Crippen molar-refractivity contribution in [2.45, 2.75) is 96.1 Å². The van der Waals surface area contributed by atoms with Gasteiger partial charge >= 0.3 is 0 Å². The number of nitriles is 1. The molecule has 0 bridgehead atoms. The van der Waals surface area contributed by atoms with E-state index in [4.69, 9.17) is 13.6 Å². The van der Waals surface area contributed by atoms with Gasteiger partial charge in [-0.2, -0.15) is 5.26 Å². The van der Waals surface area contributed by atoms with Crippen LogP contribution in [-0.2, 0) is 13.6 Å². The zero-order chi connectivity index (χ0) is 20.6. The minimum absolute atomic E-state index is 0.0121. The second-order valence-corrected chi connectivity index (χ2v) is 20.1. The molecule has 0 saturated carbocycles. The van der Waals surface area contributed by atoms with Gasteiger partial charge in [0, 0.05) is 0 Å². The van der Waals surface area contributed by atoms with Gasteiger partial charge in [-0.1, -0.05) is 41.5 Å². The molecule has 0 aromatic rings. The van der Waals surface area contributed by atoms with E-state index in [1.165, 1.54) is 0 Å². The van der Waals surface area contributed by atoms with Crippen LogP contribution in [0.25, 0.3) is 0 Å². The molecule has 0 aromatic heterocycles. The first-order valence-corrected chi connectivity index (χ1v) is 15.4. The lowest BCUT2D eigenvalue weighted by atomic mass is 9.94. The van der Waals surface area contributed by atoms with E-state index in [0.717, 1.165) is 0 Å². The van der Waals surface area contributed by atoms with E-state index in [1.54, 1.807) is 0 Å². The van der Waals surface area contributed by atoms with Crippen LogP contribution in [0.1, 0.15) is 41.5 Å². The fraction of sp³-hybridized carbons (Fsp3) is 0.947. The topological polar surface area (TPSA) is 71.7 Å². The Morgan fingerprint density at radius 3 is 1.96 bits per heavy atom. The molecule has 1 N–H and O–H groups in total. The third kappa shape index (κ3) is 5.40. The molecule has 152 valence electrons. The highest BCUT2D eigenvalue weighted by atomic mass is 28.4. The van der Waals surface area contributed by atoms with E-state index < -0.39 is 40.9 Å². The Hall–Kier alpha value is -0.236. The molecule has 4 atom stereocenters. The molecule has 0 amide bonds. The van der Waals surface area contributed by atoms with E-state index in [0.29, 0.717) is 6.61 Å². The second-order valence-electron chi connectivity index (χ2n) is 10.5. The third-order valence-electron chi connectivity index (χ3n) is 6.42. The van der Waals surface area contributed by atoms with Crippen molar-refractivity contribution in [3.8, 4) is 6.07 Å². The molecule has 26 heavy (non-hydrogen) atoms. The van der Waals surface area contributed by atoms with Gasteiger partial charge in [0.2, 0.25) is 0 Å². The quantitative estimate of drug-likeness (QED) is 0.695. The van der Waals surface area contributed by atoms with Crippen molar-refractivity contribution in [2.75, 3.05) is 13.2 Å². The highest BCUT2D eigenvalue weighted by molar-refractivity contribution is 6.74. The highest BCUT2D eigenvalue weighted by Crippen LogP contribution is 2.40. The van der Waals surface area contributed by atoms with Crippen molar-refractivity contribution in [3.05, 3.63) is 0 Å². The van der Waals surface area contributed by atoms with Gasteiger partial charge < -0.3 is 18.7 Å². The fourth-order valence-electron chi connectivity index (χ4n) is 2.30. The predicted octanol–water partition coefficient (Wildman–Crippen LogP) is 4.30. The smallest absolute Gasteiger partial charge is 0.192 e. The maximum Gasteiger partial charge on any atom is 0.192 e. The molecule has 1 rings (SSSR count). The molecule has 1 heterocycles. The van der Waals surface area contributed by atoms with Crippen LogP contribution in [0.4, 0.5) is 0 Å². The molecule has 1 saturated heterocycles. The average Bonchev–Trinajstić information content (AvgIpc) is 2.45. The minimum atomic E-state index is -2.11. The first-order chi connectivity index (χ1) is 11.5. The summed E-state index contributed by atoms with van der Waals surface area (Å²) in [6, 6.07) is 2.26. The molecule has 1 aliphatic rings. The van der Waals surface area contributed by atoms with Crippen LogP contribution in [0.3, 0.4) is 0 Å². The second kappa shape index (κ2) is 8.02. The lowest BCUT2D eigenvalue weighted by molar-refractivity contribution is -0.157. The zero-order valence-corrected chi connectivity index (χ0v) is 20.3. The summed E-state index contributed by atoms with van der Waals surface area (Å²) in [7, 11) is -4.04. The van der Waals surface area contributed by atoms with Gasteiger partial charge in [0.05, 0.1) is 31.3 Å². The summed E-state index contributed by atoms with van der Waals surface area (Å²) in [4.78, 5) is 0. The molecule has 5 nitrogen and oxygen atoms in total. The van der Waals surface area contributed by atoms with Gasteiger partial charge in [0.15, 0.2) is 16.6 Å². The standard InChI is InChI=1S/C19H39NO4Si2/c1-18(2,3)25(7,8)23-13-15-16(21)17(14(11-20)12-22-15)24-26(9,10)19(4,5)6/h14-17,21H,12-13H2,1-10H3. The Morgan fingerprint density at radius 1 is 1.04 bits per heavy atom. The average molecular weight is 402 g/mol. The van der Waals surface area contributed by atoms with Crippen LogP contribution in [0.5, 0.6) is 0 Å². The third-order valence-corrected chi connectivity index (χ3v) is 15.4. The number of aliphatic hydroxyl groups is 1. The van der Waals surface area contributed by atoms with E-state index in [1.807, 2.05) is 0 Å². The number of hydrogen-bond donors (Lipinski definition) is 1. The molecule has 7 heteroatoms. The van der Waals surface area contributed by atoms with E-state index >= 15 is 0 Å². The summed E-state index contributed by atoms with van der Waals surface area (Å²) < 4.78 is 18.5. The molecular weight excluding hydrogens is 362 g/mol. The number of nitrogens with zero attached hydrogens (tertiary/aromatic N) is 1. The van der Waals surface area contributed by atoms with Crippen LogP contribution in [0.2, 0.25) is 36.3 Å². The van der Waals surface area contributed by atoms with Gasteiger partial charge in [-0.05, 0) is 36.3 Å². The highest BCUT2D eigenvalue weighted by Gasteiger charge is 2.48. The van der Waals surface area contributed by atoms with E-state index in [9.17, 15) is 10.4 Å². The van der Waals surface area contributed by atoms with Gasteiger partial charge in [-0.15, -0.1) is 0 Å². The Balaban J connectivity index is 2.90. The fourth-order valence-corrected chi connectivity index (χ4v) is 4.66. The van der Waals surface area contributed by atoms with Crippen LogP contribution in [0.15, 0.2) is 0 Å². The molecule has 4 unspecified atom stereocenters. The summed E-state index contributed by atoms with van der Waals surface area (Å²) in [6.45, 7) is 22.3. The molecule has 1 aliphatic heterocycles. The van der Waals surface area contributed by atoms with Crippen molar-refractivity contribution in [2.24, 2.45) is 5.92 Å². The normalized spacial score (nSPS) is 28.7. The van der Waals surface area contributed by atoms with Crippen molar-refractivity contribution in [1.82, 2.24) is 0 Å². The van der Waals surface area contributed by atoms with Crippen LogP contribution >= 0.6 is 0 Å². The molecule has 0 radical (unpaired) electrons. The molecule has 0 spiro atoms. The summed E-state index contributed by atoms with van der Waals surface area (Å²) in [5, 5.41) is 20.5. The van der Waals surface area contributed by atoms with E-state index in [2.05, 4.69) is 73.8 Å². The summed E-state index contributed by atoms with van der Waals surface area (Å²) >= 11 is 0. The van der Waals surface area contributed by atoms with Gasteiger partial charge in [0.1, 0.15) is 12.2 Å². The maximum absolute atomic E-state index is 10.9. The minimum Gasteiger partial charge on any atom is -0.414 e. The Labute approximate surface area is 162 Å². The number of hydrogen-bond acceptors (Lipinski definition) is 5. The molecular formula is C19H39NO4Si2. The van der Waals surface area contributed by atoms with Crippen LogP contribution in [-0.4, -0.2) is 53.3 Å². The van der Waals surface area contributed by atoms with Crippen molar-refractivity contribution >= 4 is 16.6 Å². The number of aliphatic hydroxyl groups excluding tert-OH is 1. The molecule has 0 aliphatic carbocycles. The SMILES string of the molecule is CC(C)(C)[Si](C)(C)OCC1OCC(C#N)C(O[Si](C)(C)C(C)(C)C)C1O. The first-order valence-electron chi connectivity index (χ1n) is 9.54. The summed E-state index contributed by atoms with van der Waals surface area (Å²) in [5.74, 6) is -0.455. The Bertz CT molecular complexity index is 517. The Kier molecular flexibility index (Phi) is 7.34. The molecule has 1 fully saturated rings. The summed E-state index contributed by atoms with van der Waals surface area (Å²) in [6.07, 6.45) is -1.83. The summed E-state index contributed by atoms with van der Waals surface area (Å²) in [5.41, 5.74) is 0. The van der Waals surface area contributed by atoms with Crippen molar-refractivity contribution < 1.29 is 18.7 Å². The van der Waals surface area contributed by atoms with Crippen molar-refractivity contribution in [3.63, 3.8) is 0 Å². The maximum atomic E-state index is 10.9. The van der Waals surface area contributed by atoms with Gasteiger partial charge in [-0.25, -0.2) is 0 Å². The Morgan fingerprint density at radius 2 is 1.54 bits per heavy atom. The van der Waals surface area contributed by atoms with Gasteiger partial charge in [0.25, 0.3) is 0 Å². The monoisotopic (exact) mass is 401 g/mol. The zero-order valence-electron chi connectivity index (χ0n) is 18.3.